The summed E-state index contributed by atoms with van der Waals surface area (Å²) in [6.45, 7) is 2.04. The number of methoxy groups -OCH3 is 1. The Labute approximate surface area is 143 Å². The maximum absolute atomic E-state index is 13.2. The SMILES string of the molecule is COC(=O)N(c1ccc(F)cc1)C1CCN(C2CCCCC2)CC1. The molecule has 0 unspecified atom stereocenters. The lowest BCUT2D eigenvalue weighted by atomic mass is 9.92. The Kier molecular flexibility index (Phi) is 5.72. The fraction of sp³-hybridized carbons (Fsp3) is 0.632. The lowest BCUT2D eigenvalue weighted by molar-refractivity contribution is 0.117. The van der Waals surface area contributed by atoms with Crippen molar-refractivity contribution in [1.29, 1.82) is 0 Å². The zero-order valence-electron chi connectivity index (χ0n) is 14.4. The normalized spacial score (nSPS) is 20.8. The Morgan fingerprint density at radius 2 is 1.71 bits per heavy atom. The summed E-state index contributed by atoms with van der Waals surface area (Å²) < 4.78 is 18.2. The average Bonchev–Trinajstić information content (AvgIpc) is 2.64. The van der Waals surface area contributed by atoms with Crippen molar-refractivity contribution in [1.82, 2.24) is 4.90 Å². The Bertz CT molecular complexity index is 535. The van der Waals surface area contributed by atoms with Gasteiger partial charge in [-0.05, 0) is 49.9 Å². The van der Waals surface area contributed by atoms with Gasteiger partial charge in [-0.15, -0.1) is 0 Å². The van der Waals surface area contributed by atoms with E-state index in [0.29, 0.717) is 5.69 Å². The number of nitrogens with zero attached hydrogens (tertiary/aromatic N) is 2. The largest absolute Gasteiger partial charge is 0.452 e. The summed E-state index contributed by atoms with van der Waals surface area (Å²) in [6.07, 6.45) is 8.17. The van der Waals surface area contributed by atoms with Gasteiger partial charge in [-0.2, -0.15) is 0 Å². The summed E-state index contributed by atoms with van der Waals surface area (Å²) in [5.74, 6) is -0.296. The van der Waals surface area contributed by atoms with Gasteiger partial charge >= 0.3 is 6.09 Å². The number of carbonyl (C=O) groups is 1. The van der Waals surface area contributed by atoms with Crippen molar-refractivity contribution in [2.45, 2.75) is 57.0 Å². The first kappa shape index (κ1) is 17.2. The molecule has 2 aliphatic rings. The molecule has 0 radical (unpaired) electrons. The molecule has 1 aromatic carbocycles. The van der Waals surface area contributed by atoms with Crippen LogP contribution in [0, 0.1) is 5.82 Å². The van der Waals surface area contributed by atoms with Crippen LogP contribution in [0.2, 0.25) is 0 Å². The third-order valence-corrected chi connectivity index (χ3v) is 5.43. The minimum atomic E-state index is -0.363. The number of rotatable bonds is 3. The number of carbonyl (C=O) groups excluding carboxylic acids is 1. The van der Waals surface area contributed by atoms with Crippen molar-refractivity contribution in [2.24, 2.45) is 0 Å². The van der Waals surface area contributed by atoms with Crippen LogP contribution in [-0.4, -0.2) is 43.3 Å². The minimum Gasteiger partial charge on any atom is -0.452 e. The maximum Gasteiger partial charge on any atom is 0.414 e. The molecule has 1 aliphatic heterocycles. The summed E-state index contributed by atoms with van der Waals surface area (Å²) in [6, 6.07) is 6.92. The number of ether oxygens (including phenoxy) is 1. The highest BCUT2D eigenvalue weighted by Gasteiger charge is 2.32. The summed E-state index contributed by atoms with van der Waals surface area (Å²) in [4.78, 5) is 16.6. The van der Waals surface area contributed by atoms with Gasteiger partial charge in [0.2, 0.25) is 0 Å². The zero-order chi connectivity index (χ0) is 16.9. The third-order valence-electron chi connectivity index (χ3n) is 5.43. The molecule has 0 aromatic heterocycles. The van der Waals surface area contributed by atoms with Gasteiger partial charge in [0.05, 0.1) is 7.11 Å². The first-order valence-corrected chi connectivity index (χ1v) is 9.06. The van der Waals surface area contributed by atoms with Crippen molar-refractivity contribution in [2.75, 3.05) is 25.1 Å². The molecule has 132 valence electrons. The van der Waals surface area contributed by atoms with Gasteiger partial charge in [-0.1, -0.05) is 19.3 Å². The van der Waals surface area contributed by atoms with E-state index in [9.17, 15) is 9.18 Å². The standard InChI is InChI=1S/C19H27FN2O2/c1-24-19(23)22(17-9-7-15(20)8-10-17)18-11-13-21(14-12-18)16-5-3-2-4-6-16/h7-10,16,18H,2-6,11-14H2,1H3. The quantitative estimate of drug-likeness (QED) is 0.831. The number of benzene rings is 1. The number of piperidine rings is 1. The maximum atomic E-state index is 13.2. The number of halogens is 1. The van der Waals surface area contributed by atoms with Crippen LogP contribution in [0.15, 0.2) is 24.3 Å². The number of hydrogen-bond donors (Lipinski definition) is 0. The van der Waals surface area contributed by atoms with E-state index >= 15 is 0 Å². The van der Waals surface area contributed by atoms with Gasteiger partial charge in [0.1, 0.15) is 5.82 Å². The fourth-order valence-electron chi connectivity index (χ4n) is 4.12. The second-order valence-electron chi connectivity index (χ2n) is 6.88. The molecule has 2 fully saturated rings. The highest BCUT2D eigenvalue weighted by atomic mass is 19.1. The van der Waals surface area contributed by atoms with Crippen molar-refractivity contribution >= 4 is 11.8 Å². The van der Waals surface area contributed by atoms with E-state index in [1.165, 1.54) is 51.3 Å². The van der Waals surface area contributed by atoms with Crippen molar-refractivity contribution in [3.63, 3.8) is 0 Å². The molecule has 1 saturated carbocycles. The molecule has 1 aliphatic carbocycles. The molecule has 0 spiro atoms. The molecule has 1 heterocycles. The zero-order valence-corrected chi connectivity index (χ0v) is 14.4. The summed E-state index contributed by atoms with van der Waals surface area (Å²) >= 11 is 0. The molecule has 24 heavy (non-hydrogen) atoms. The van der Waals surface area contributed by atoms with E-state index in [2.05, 4.69) is 4.90 Å². The fourth-order valence-corrected chi connectivity index (χ4v) is 4.12. The second kappa shape index (κ2) is 7.97. The average molecular weight is 334 g/mol. The molecule has 4 nitrogen and oxygen atoms in total. The van der Waals surface area contributed by atoms with Crippen LogP contribution in [0.4, 0.5) is 14.9 Å². The van der Waals surface area contributed by atoms with Crippen LogP contribution in [-0.2, 0) is 4.74 Å². The van der Waals surface area contributed by atoms with Gasteiger partial charge in [-0.3, -0.25) is 4.90 Å². The lowest BCUT2D eigenvalue weighted by Crippen LogP contribution is -2.50. The molecule has 1 amide bonds. The van der Waals surface area contributed by atoms with E-state index in [0.717, 1.165) is 32.0 Å². The molecule has 3 rings (SSSR count). The van der Waals surface area contributed by atoms with Crippen LogP contribution in [0.3, 0.4) is 0 Å². The number of hydrogen-bond acceptors (Lipinski definition) is 3. The Hall–Kier alpha value is -1.62. The smallest absolute Gasteiger partial charge is 0.414 e. The van der Waals surface area contributed by atoms with Crippen molar-refractivity contribution < 1.29 is 13.9 Å². The predicted molar refractivity (Wildman–Crippen MR) is 92.8 cm³/mol. The van der Waals surface area contributed by atoms with Crippen LogP contribution >= 0.6 is 0 Å². The number of amides is 1. The highest BCUT2D eigenvalue weighted by molar-refractivity contribution is 5.88. The van der Waals surface area contributed by atoms with Gasteiger partial charge in [0, 0.05) is 30.9 Å². The van der Waals surface area contributed by atoms with E-state index < -0.39 is 0 Å². The first-order valence-electron chi connectivity index (χ1n) is 9.06. The highest BCUT2D eigenvalue weighted by Crippen LogP contribution is 2.29. The van der Waals surface area contributed by atoms with Gasteiger partial charge in [0.25, 0.3) is 0 Å². The molecule has 0 bridgehead atoms. The molecular weight excluding hydrogens is 307 g/mol. The topological polar surface area (TPSA) is 32.8 Å². The molecular formula is C19H27FN2O2. The lowest BCUT2D eigenvalue weighted by Gasteiger charge is -2.42. The van der Waals surface area contributed by atoms with E-state index in [1.807, 2.05) is 0 Å². The summed E-state index contributed by atoms with van der Waals surface area (Å²) in [5, 5.41) is 0. The number of likely N-dealkylation sites (tertiary alicyclic amines) is 1. The molecule has 0 N–H and O–H groups in total. The van der Waals surface area contributed by atoms with Crippen LogP contribution < -0.4 is 4.90 Å². The van der Waals surface area contributed by atoms with Gasteiger partial charge in [0.15, 0.2) is 0 Å². The van der Waals surface area contributed by atoms with Crippen molar-refractivity contribution in [3.05, 3.63) is 30.1 Å². The van der Waals surface area contributed by atoms with E-state index in [4.69, 9.17) is 4.74 Å². The monoisotopic (exact) mass is 334 g/mol. The Morgan fingerprint density at radius 3 is 2.29 bits per heavy atom. The summed E-state index contributed by atoms with van der Waals surface area (Å²) in [7, 11) is 1.40. The number of anilines is 1. The molecule has 0 atom stereocenters. The Morgan fingerprint density at radius 1 is 1.08 bits per heavy atom. The molecule has 1 aromatic rings. The first-order chi connectivity index (χ1) is 11.7. The van der Waals surface area contributed by atoms with Gasteiger partial charge < -0.3 is 9.64 Å². The minimum absolute atomic E-state index is 0.114. The van der Waals surface area contributed by atoms with E-state index in [1.54, 1.807) is 17.0 Å². The van der Waals surface area contributed by atoms with Crippen LogP contribution in [0.25, 0.3) is 0 Å². The Balaban J connectivity index is 1.66. The molecule has 5 heteroatoms. The summed E-state index contributed by atoms with van der Waals surface area (Å²) in [5.41, 5.74) is 0.708. The van der Waals surface area contributed by atoms with E-state index in [-0.39, 0.29) is 18.0 Å². The van der Waals surface area contributed by atoms with Crippen molar-refractivity contribution in [3.8, 4) is 0 Å². The van der Waals surface area contributed by atoms with Gasteiger partial charge in [-0.25, -0.2) is 9.18 Å². The second-order valence-corrected chi connectivity index (χ2v) is 6.88. The molecule has 1 saturated heterocycles. The predicted octanol–water partition coefficient (Wildman–Crippen LogP) is 4.20. The van der Waals surface area contributed by atoms with Crippen LogP contribution in [0.1, 0.15) is 44.9 Å². The van der Waals surface area contributed by atoms with Crippen LogP contribution in [0.5, 0.6) is 0 Å². The third kappa shape index (κ3) is 3.89.